The van der Waals surface area contributed by atoms with Gasteiger partial charge in [-0.3, -0.25) is 13.9 Å². The van der Waals surface area contributed by atoms with Gasteiger partial charge in [-0.05, 0) is 61.0 Å². The molecule has 0 spiro atoms. The summed E-state index contributed by atoms with van der Waals surface area (Å²) in [5.74, 6) is -0.486. The maximum Gasteiger partial charge on any atom is 0.263 e. The zero-order valence-corrected chi connectivity index (χ0v) is 21.2. The minimum atomic E-state index is -3.70. The van der Waals surface area contributed by atoms with Crippen LogP contribution in [0.5, 0.6) is 5.75 Å². The molecule has 1 atom stereocenters. The standard InChI is InChI=1S/C25H25ClN4O5S/c1-18(30(36(2,33)34)20-8-4-3-5-9-20)25(32)29-27-16-19-12-14-21(15-13-19)35-17-24(31)28-23-11-7-6-10-22(23)26/h3-16,18H,17H2,1-2H3,(H,28,31)(H,29,32)/b27-16-/t18-/m1/s1. The van der Waals surface area contributed by atoms with Gasteiger partial charge in [0.05, 0.1) is 28.9 Å². The smallest absolute Gasteiger partial charge is 0.263 e. The molecule has 0 radical (unpaired) electrons. The summed E-state index contributed by atoms with van der Waals surface area (Å²) in [6.07, 6.45) is 2.45. The Bertz CT molecular complexity index is 1330. The van der Waals surface area contributed by atoms with Gasteiger partial charge >= 0.3 is 0 Å². The summed E-state index contributed by atoms with van der Waals surface area (Å²) in [4.78, 5) is 24.6. The molecule has 0 aromatic heterocycles. The normalized spacial score (nSPS) is 12.1. The number of hydrogen-bond donors (Lipinski definition) is 2. The molecule has 0 aliphatic heterocycles. The van der Waals surface area contributed by atoms with Gasteiger partial charge < -0.3 is 10.1 Å². The molecule has 11 heteroatoms. The summed E-state index contributed by atoms with van der Waals surface area (Å²) in [5.41, 5.74) is 3.89. The molecule has 2 N–H and O–H groups in total. The van der Waals surface area contributed by atoms with Crippen molar-refractivity contribution in [3.05, 3.63) is 89.4 Å². The Kier molecular flexibility index (Phi) is 9.04. The topological polar surface area (TPSA) is 117 Å². The Balaban J connectivity index is 1.53. The number of ether oxygens (including phenoxy) is 1. The van der Waals surface area contributed by atoms with Gasteiger partial charge in [0.2, 0.25) is 10.0 Å². The summed E-state index contributed by atoms with van der Waals surface area (Å²) in [5, 5.41) is 7.02. The quantitative estimate of drug-likeness (QED) is 0.307. The van der Waals surface area contributed by atoms with E-state index in [1.165, 1.54) is 13.1 Å². The first kappa shape index (κ1) is 26.7. The lowest BCUT2D eigenvalue weighted by Crippen LogP contribution is -2.46. The molecule has 36 heavy (non-hydrogen) atoms. The van der Waals surface area contributed by atoms with E-state index in [9.17, 15) is 18.0 Å². The highest BCUT2D eigenvalue weighted by molar-refractivity contribution is 7.92. The van der Waals surface area contributed by atoms with Gasteiger partial charge in [0.1, 0.15) is 11.8 Å². The van der Waals surface area contributed by atoms with Crippen molar-refractivity contribution in [2.24, 2.45) is 5.10 Å². The van der Waals surface area contributed by atoms with Gasteiger partial charge in [-0.25, -0.2) is 13.8 Å². The molecule has 3 aromatic carbocycles. The Morgan fingerprint density at radius 1 is 1.03 bits per heavy atom. The molecule has 0 fully saturated rings. The number of nitrogens with zero attached hydrogens (tertiary/aromatic N) is 2. The maximum atomic E-state index is 12.6. The fourth-order valence-electron chi connectivity index (χ4n) is 3.20. The first-order valence-corrected chi connectivity index (χ1v) is 13.0. The molecule has 0 saturated heterocycles. The first-order chi connectivity index (χ1) is 17.1. The molecular formula is C25H25ClN4O5S. The predicted molar refractivity (Wildman–Crippen MR) is 141 cm³/mol. The van der Waals surface area contributed by atoms with Crippen molar-refractivity contribution in [1.82, 2.24) is 5.43 Å². The second-order valence-electron chi connectivity index (χ2n) is 7.69. The number of rotatable bonds is 10. The van der Waals surface area contributed by atoms with Crippen LogP contribution in [0, 0.1) is 0 Å². The zero-order chi connectivity index (χ0) is 26.1. The third kappa shape index (κ3) is 7.56. The number of benzene rings is 3. The molecule has 0 heterocycles. The third-order valence-electron chi connectivity index (χ3n) is 4.89. The summed E-state index contributed by atoms with van der Waals surface area (Å²) in [7, 11) is -3.70. The highest BCUT2D eigenvalue weighted by atomic mass is 35.5. The van der Waals surface area contributed by atoms with E-state index >= 15 is 0 Å². The number of sulfonamides is 1. The van der Waals surface area contributed by atoms with Gasteiger partial charge in [-0.15, -0.1) is 0 Å². The van der Waals surface area contributed by atoms with Crippen LogP contribution in [0.4, 0.5) is 11.4 Å². The second kappa shape index (κ2) is 12.2. The first-order valence-electron chi connectivity index (χ1n) is 10.8. The molecular weight excluding hydrogens is 504 g/mol. The summed E-state index contributed by atoms with van der Waals surface area (Å²) in [6, 6.07) is 20.9. The molecule has 2 amide bonds. The van der Waals surface area contributed by atoms with E-state index in [1.807, 2.05) is 0 Å². The van der Waals surface area contributed by atoms with Crippen molar-refractivity contribution in [2.45, 2.75) is 13.0 Å². The van der Waals surface area contributed by atoms with Gasteiger partial charge in [-0.2, -0.15) is 5.10 Å². The van der Waals surface area contributed by atoms with Crippen molar-refractivity contribution in [3.63, 3.8) is 0 Å². The van der Waals surface area contributed by atoms with Crippen LogP contribution in [0.25, 0.3) is 0 Å². The van der Waals surface area contributed by atoms with E-state index in [1.54, 1.807) is 78.9 Å². The maximum absolute atomic E-state index is 12.6. The molecule has 188 valence electrons. The number of nitrogens with one attached hydrogen (secondary N) is 2. The SMILES string of the molecule is C[C@H](C(=O)N/N=C\c1ccc(OCC(=O)Nc2ccccc2Cl)cc1)N(c1ccccc1)S(C)(=O)=O. The number of halogens is 1. The Morgan fingerprint density at radius 3 is 2.31 bits per heavy atom. The van der Waals surface area contributed by atoms with Crippen LogP contribution < -0.4 is 19.8 Å². The Hall–Kier alpha value is -3.89. The number of para-hydroxylation sites is 2. The lowest BCUT2D eigenvalue weighted by molar-refractivity contribution is -0.121. The van der Waals surface area contributed by atoms with Crippen LogP contribution in [-0.4, -0.2) is 45.4 Å². The number of hydrogen-bond acceptors (Lipinski definition) is 6. The fraction of sp³-hybridized carbons (Fsp3) is 0.160. The van der Waals surface area contributed by atoms with Crippen LogP contribution in [0.3, 0.4) is 0 Å². The number of carbonyl (C=O) groups is 2. The molecule has 0 aliphatic rings. The van der Waals surface area contributed by atoms with E-state index in [2.05, 4.69) is 15.8 Å². The Labute approximate surface area is 214 Å². The van der Waals surface area contributed by atoms with Crippen LogP contribution in [-0.2, 0) is 19.6 Å². The zero-order valence-electron chi connectivity index (χ0n) is 19.6. The molecule has 3 rings (SSSR count). The van der Waals surface area contributed by atoms with Crippen molar-refractivity contribution < 1.29 is 22.7 Å². The highest BCUT2D eigenvalue weighted by Crippen LogP contribution is 2.21. The van der Waals surface area contributed by atoms with Crippen molar-refractivity contribution in [1.29, 1.82) is 0 Å². The van der Waals surface area contributed by atoms with Gasteiger partial charge in [0.25, 0.3) is 11.8 Å². The molecule has 0 bridgehead atoms. The van der Waals surface area contributed by atoms with Gasteiger partial charge in [0, 0.05) is 0 Å². The largest absolute Gasteiger partial charge is 0.484 e. The van der Waals surface area contributed by atoms with Crippen LogP contribution in [0.2, 0.25) is 5.02 Å². The van der Waals surface area contributed by atoms with Crippen molar-refractivity contribution in [3.8, 4) is 5.75 Å². The highest BCUT2D eigenvalue weighted by Gasteiger charge is 2.28. The van der Waals surface area contributed by atoms with E-state index in [-0.39, 0.29) is 12.5 Å². The number of carbonyl (C=O) groups excluding carboxylic acids is 2. The molecule has 0 unspecified atom stereocenters. The van der Waals surface area contributed by atoms with Crippen LogP contribution in [0.15, 0.2) is 84.0 Å². The van der Waals surface area contributed by atoms with Crippen molar-refractivity contribution >= 4 is 51.0 Å². The van der Waals surface area contributed by atoms with Gasteiger partial charge in [0.15, 0.2) is 6.61 Å². The average molecular weight is 529 g/mol. The van der Waals surface area contributed by atoms with E-state index in [0.29, 0.717) is 27.7 Å². The molecule has 0 aliphatic carbocycles. The number of hydrazone groups is 1. The molecule has 3 aromatic rings. The average Bonchev–Trinajstić information content (AvgIpc) is 2.85. The number of anilines is 2. The second-order valence-corrected chi connectivity index (χ2v) is 9.96. The number of amides is 2. The molecule has 9 nitrogen and oxygen atoms in total. The van der Waals surface area contributed by atoms with E-state index in [0.717, 1.165) is 10.6 Å². The Morgan fingerprint density at radius 2 is 1.67 bits per heavy atom. The fourth-order valence-corrected chi connectivity index (χ4v) is 4.55. The minimum absolute atomic E-state index is 0.204. The lowest BCUT2D eigenvalue weighted by atomic mass is 10.2. The van der Waals surface area contributed by atoms with Crippen LogP contribution in [0.1, 0.15) is 12.5 Å². The summed E-state index contributed by atoms with van der Waals surface area (Å²) < 4.78 is 31.1. The molecule has 0 saturated carbocycles. The van der Waals surface area contributed by atoms with Crippen LogP contribution >= 0.6 is 11.6 Å². The summed E-state index contributed by atoms with van der Waals surface area (Å²) >= 11 is 6.02. The van der Waals surface area contributed by atoms with Crippen molar-refractivity contribution in [2.75, 3.05) is 22.5 Å². The van der Waals surface area contributed by atoms with Gasteiger partial charge in [-0.1, -0.05) is 41.9 Å². The minimum Gasteiger partial charge on any atom is -0.484 e. The van der Waals surface area contributed by atoms with E-state index < -0.39 is 22.0 Å². The third-order valence-corrected chi connectivity index (χ3v) is 6.46. The lowest BCUT2D eigenvalue weighted by Gasteiger charge is -2.27. The van der Waals surface area contributed by atoms with E-state index in [4.69, 9.17) is 16.3 Å². The monoisotopic (exact) mass is 528 g/mol. The predicted octanol–water partition coefficient (Wildman–Crippen LogP) is 3.66. The summed E-state index contributed by atoms with van der Waals surface area (Å²) in [6.45, 7) is 1.28.